The Morgan fingerprint density at radius 1 is 1.03 bits per heavy atom. The van der Waals surface area contributed by atoms with Gasteiger partial charge in [0.15, 0.2) is 0 Å². The number of nitrogens with zero attached hydrogens (tertiary/aromatic N) is 2. The number of ether oxygens (including phenoxy) is 1. The lowest BCUT2D eigenvalue weighted by Gasteiger charge is -2.35. The molecule has 2 aromatic carbocycles. The van der Waals surface area contributed by atoms with Crippen molar-refractivity contribution in [1.29, 1.82) is 0 Å². The van der Waals surface area contributed by atoms with Crippen molar-refractivity contribution in [2.45, 2.75) is 44.2 Å². The molecule has 1 unspecified atom stereocenters. The Morgan fingerprint density at radius 2 is 1.66 bits per heavy atom. The highest BCUT2D eigenvalue weighted by Gasteiger charge is 2.48. The molecule has 1 amide bonds. The molecular formula is C24H24N2O6. The number of nitro groups is 1. The Labute approximate surface area is 185 Å². The molecule has 2 aromatic rings. The predicted molar refractivity (Wildman–Crippen MR) is 117 cm³/mol. The quantitative estimate of drug-likeness (QED) is 0.245. The van der Waals surface area contributed by atoms with E-state index in [0.717, 1.165) is 32.1 Å². The summed E-state index contributed by atoms with van der Waals surface area (Å²) in [6.07, 6.45) is 4.65. The van der Waals surface area contributed by atoms with Crippen LogP contribution in [0.4, 0.5) is 5.69 Å². The number of Topliss-reactive ketones (excluding diaryl/α,β-unsaturated/α-hetero) is 1. The summed E-state index contributed by atoms with van der Waals surface area (Å²) in [4.78, 5) is 38.3. The normalized spacial score (nSPS) is 21.0. The van der Waals surface area contributed by atoms with E-state index in [2.05, 4.69) is 0 Å². The number of aliphatic hydroxyl groups excluding tert-OH is 1. The lowest BCUT2D eigenvalue weighted by atomic mass is 9.91. The Hall–Kier alpha value is -3.68. The molecule has 0 spiro atoms. The van der Waals surface area contributed by atoms with Gasteiger partial charge in [-0.15, -0.1) is 0 Å². The first kappa shape index (κ1) is 21.5. The summed E-state index contributed by atoms with van der Waals surface area (Å²) < 4.78 is 5.23. The highest BCUT2D eigenvalue weighted by molar-refractivity contribution is 6.46. The molecule has 2 aliphatic rings. The molecule has 1 N–H and O–H groups in total. The van der Waals surface area contributed by atoms with Gasteiger partial charge in [-0.1, -0.05) is 31.4 Å². The molecule has 1 aliphatic carbocycles. The van der Waals surface area contributed by atoms with Crippen molar-refractivity contribution in [3.8, 4) is 5.75 Å². The lowest BCUT2D eigenvalue weighted by molar-refractivity contribution is -0.384. The average molecular weight is 436 g/mol. The number of rotatable bonds is 5. The molecule has 8 nitrogen and oxygen atoms in total. The van der Waals surface area contributed by atoms with Crippen LogP contribution in [0, 0.1) is 10.1 Å². The lowest BCUT2D eigenvalue weighted by Crippen LogP contribution is -2.40. The fourth-order valence-electron chi connectivity index (χ4n) is 4.60. The largest absolute Gasteiger partial charge is 0.507 e. The molecule has 0 radical (unpaired) electrons. The molecule has 1 aliphatic heterocycles. The fourth-order valence-corrected chi connectivity index (χ4v) is 4.60. The third-order valence-corrected chi connectivity index (χ3v) is 6.23. The van der Waals surface area contributed by atoms with Crippen molar-refractivity contribution < 1.29 is 24.4 Å². The summed E-state index contributed by atoms with van der Waals surface area (Å²) in [5.74, 6) is -1.07. The van der Waals surface area contributed by atoms with Gasteiger partial charge in [-0.25, -0.2) is 0 Å². The van der Waals surface area contributed by atoms with Crippen LogP contribution in [0.3, 0.4) is 0 Å². The van der Waals surface area contributed by atoms with E-state index >= 15 is 0 Å². The molecule has 1 heterocycles. The number of benzene rings is 2. The highest BCUT2D eigenvalue weighted by atomic mass is 16.6. The number of aliphatic hydroxyl groups is 1. The van der Waals surface area contributed by atoms with E-state index in [0.29, 0.717) is 11.3 Å². The van der Waals surface area contributed by atoms with Gasteiger partial charge in [0.05, 0.1) is 23.6 Å². The number of carbonyl (C=O) groups excluding carboxylic acids is 2. The smallest absolute Gasteiger partial charge is 0.295 e. The van der Waals surface area contributed by atoms with E-state index in [-0.39, 0.29) is 28.6 Å². The van der Waals surface area contributed by atoms with Crippen molar-refractivity contribution in [2.75, 3.05) is 7.11 Å². The minimum atomic E-state index is -0.743. The van der Waals surface area contributed by atoms with E-state index in [1.165, 1.54) is 24.3 Å². The Bertz CT molecular complexity index is 1070. The van der Waals surface area contributed by atoms with Crippen LogP contribution >= 0.6 is 0 Å². The molecule has 166 valence electrons. The Balaban J connectivity index is 1.83. The molecule has 4 rings (SSSR count). The van der Waals surface area contributed by atoms with E-state index in [9.17, 15) is 24.8 Å². The van der Waals surface area contributed by atoms with E-state index in [1.54, 1.807) is 36.3 Å². The SMILES string of the molecule is COc1ccc(C2/C(=C(/O)c3ccc([N+](=O)[O-])cc3)C(=O)C(=O)N2C2CCCCC2)cc1. The Morgan fingerprint density at radius 3 is 2.22 bits per heavy atom. The molecule has 32 heavy (non-hydrogen) atoms. The standard InChI is InChI=1S/C24H24N2O6/c1-32-19-13-9-15(10-14-19)21-20(22(27)16-7-11-18(12-8-16)26(30)31)23(28)24(29)25(21)17-5-3-2-4-6-17/h7-14,17,21,27H,2-6H2,1H3/b22-20-. The van der Waals surface area contributed by atoms with Crippen molar-refractivity contribution in [1.82, 2.24) is 4.90 Å². The van der Waals surface area contributed by atoms with Gasteiger partial charge >= 0.3 is 0 Å². The van der Waals surface area contributed by atoms with Gasteiger partial charge in [-0.05, 0) is 42.7 Å². The third kappa shape index (κ3) is 3.84. The molecule has 1 atom stereocenters. The molecular weight excluding hydrogens is 412 g/mol. The zero-order valence-corrected chi connectivity index (χ0v) is 17.7. The average Bonchev–Trinajstić information content (AvgIpc) is 3.09. The topological polar surface area (TPSA) is 110 Å². The number of nitro benzene ring substituents is 1. The van der Waals surface area contributed by atoms with Crippen molar-refractivity contribution in [3.05, 3.63) is 75.3 Å². The molecule has 0 aromatic heterocycles. The first-order valence-electron chi connectivity index (χ1n) is 10.6. The van der Waals surface area contributed by atoms with Crippen LogP contribution in [-0.2, 0) is 9.59 Å². The number of hydrogen-bond donors (Lipinski definition) is 1. The maximum absolute atomic E-state index is 13.1. The number of non-ortho nitro benzene ring substituents is 1. The predicted octanol–water partition coefficient (Wildman–Crippen LogP) is 4.36. The minimum Gasteiger partial charge on any atom is -0.507 e. The highest BCUT2D eigenvalue weighted by Crippen LogP contribution is 2.43. The summed E-state index contributed by atoms with van der Waals surface area (Å²) in [5.41, 5.74) is 0.810. The molecule has 1 saturated heterocycles. The number of amides is 1. The van der Waals surface area contributed by atoms with Crippen LogP contribution in [0.2, 0.25) is 0 Å². The monoisotopic (exact) mass is 436 g/mol. The van der Waals surface area contributed by atoms with Crippen LogP contribution in [0.15, 0.2) is 54.1 Å². The first-order chi connectivity index (χ1) is 15.4. The third-order valence-electron chi connectivity index (χ3n) is 6.23. The van der Waals surface area contributed by atoms with Crippen LogP contribution in [0.5, 0.6) is 5.75 Å². The van der Waals surface area contributed by atoms with E-state index in [4.69, 9.17) is 4.74 Å². The zero-order chi connectivity index (χ0) is 22.8. The first-order valence-corrected chi connectivity index (χ1v) is 10.6. The van der Waals surface area contributed by atoms with Crippen molar-refractivity contribution in [3.63, 3.8) is 0 Å². The molecule has 8 heteroatoms. The van der Waals surface area contributed by atoms with Crippen LogP contribution < -0.4 is 4.74 Å². The number of likely N-dealkylation sites (tertiary alicyclic amines) is 1. The summed E-state index contributed by atoms with van der Waals surface area (Å²) in [5, 5.41) is 22.0. The summed E-state index contributed by atoms with van der Waals surface area (Å²) >= 11 is 0. The van der Waals surface area contributed by atoms with Crippen LogP contribution in [-0.4, -0.2) is 39.8 Å². The van der Waals surface area contributed by atoms with Crippen molar-refractivity contribution in [2.24, 2.45) is 0 Å². The summed E-state index contributed by atoms with van der Waals surface area (Å²) in [6.45, 7) is 0. The number of carbonyl (C=O) groups is 2. The van der Waals surface area contributed by atoms with Gasteiger partial charge in [0.2, 0.25) is 0 Å². The van der Waals surface area contributed by atoms with Gasteiger partial charge in [-0.3, -0.25) is 19.7 Å². The molecule has 2 fully saturated rings. The van der Waals surface area contributed by atoms with E-state index < -0.39 is 22.7 Å². The number of methoxy groups -OCH3 is 1. The summed E-state index contributed by atoms with van der Waals surface area (Å²) in [6, 6.07) is 11.5. The molecule has 0 bridgehead atoms. The second kappa shape index (κ2) is 8.82. The van der Waals surface area contributed by atoms with Crippen molar-refractivity contribution >= 4 is 23.1 Å². The second-order valence-electron chi connectivity index (χ2n) is 8.08. The summed E-state index contributed by atoms with van der Waals surface area (Å²) in [7, 11) is 1.55. The van der Waals surface area contributed by atoms with Gasteiger partial charge in [0, 0.05) is 23.7 Å². The van der Waals surface area contributed by atoms with Gasteiger partial charge in [0.25, 0.3) is 17.4 Å². The zero-order valence-electron chi connectivity index (χ0n) is 17.7. The van der Waals surface area contributed by atoms with Crippen LogP contribution in [0.25, 0.3) is 5.76 Å². The van der Waals surface area contributed by atoms with Gasteiger partial charge < -0.3 is 14.7 Å². The molecule has 1 saturated carbocycles. The van der Waals surface area contributed by atoms with E-state index in [1.807, 2.05) is 0 Å². The minimum absolute atomic E-state index is 0.000377. The fraction of sp³-hybridized carbons (Fsp3) is 0.333. The maximum Gasteiger partial charge on any atom is 0.295 e. The van der Waals surface area contributed by atoms with Gasteiger partial charge in [-0.2, -0.15) is 0 Å². The van der Waals surface area contributed by atoms with Crippen LogP contribution in [0.1, 0.15) is 49.3 Å². The number of ketones is 1. The Kier molecular flexibility index (Phi) is 5.94. The number of hydrogen-bond acceptors (Lipinski definition) is 6. The van der Waals surface area contributed by atoms with Gasteiger partial charge in [0.1, 0.15) is 11.5 Å². The maximum atomic E-state index is 13.1. The second-order valence-corrected chi connectivity index (χ2v) is 8.08.